The van der Waals surface area contributed by atoms with E-state index in [0.29, 0.717) is 54.8 Å². The maximum atomic E-state index is 12.4. The summed E-state index contributed by atoms with van der Waals surface area (Å²) in [5.41, 5.74) is 9.93. The van der Waals surface area contributed by atoms with Gasteiger partial charge in [0.25, 0.3) is 0 Å². The van der Waals surface area contributed by atoms with Gasteiger partial charge in [-0.2, -0.15) is 0 Å². The number of aromatic nitrogens is 2. The molecule has 5 rings (SSSR count). The first kappa shape index (κ1) is 29.2. The summed E-state index contributed by atoms with van der Waals surface area (Å²) >= 11 is 0. The fourth-order valence-electron chi connectivity index (χ4n) is 4.98. The van der Waals surface area contributed by atoms with Gasteiger partial charge in [-0.15, -0.1) is 0 Å². The number of morpholine rings is 1. The second-order valence-corrected chi connectivity index (χ2v) is 11.4. The zero-order valence-corrected chi connectivity index (χ0v) is 24.8. The van der Waals surface area contributed by atoms with E-state index in [1.165, 1.54) is 0 Å². The topological polar surface area (TPSA) is 124 Å². The van der Waals surface area contributed by atoms with E-state index in [-0.39, 0.29) is 12.2 Å². The molecule has 2 aliphatic rings. The van der Waals surface area contributed by atoms with Crippen molar-refractivity contribution in [1.29, 1.82) is 0 Å². The molecule has 0 radical (unpaired) electrons. The van der Waals surface area contributed by atoms with Crippen LogP contribution in [0.15, 0.2) is 48.7 Å². The van der Waals surface area contributed by atoms with Gasteiger partial charge in [0.1, 0.15) is 11.7 Å². The predicted molar refractivity (Wildman–Crippen MR) is 163 cm³/mol. The monoisotopic (exact) mass is 576 g/mol. The van der Waals surface area contributed by atoms with Crippen LogP contribution in [-0.4, -0.2) is 79.2 Å². The number of hydrogen-bond donors (Lipinski definition) is 2. The van der Waals surface area contributed by atoms with Gasteiger partial charge in [0.15, 0.2) is 11.5 Å². The molecule has 1 aromatic heterocycles. The van der Waals surface area contributed by atoms with Gasteiger partial charge in [0, 0.05) is 62.2 Å². The number of amides is 1. The number of hydrogen-bond acceptors (Lipinski definition) is 10. The molecule has 3 heterocycles. The van der Waals surface area contributed by atoms with Crippen molar-refractivity contribution in [2.24, 2.45) is 0 Å². The summed E-state index contributed by atoms with van der Waals surface area (Å²) in [6.45, 7) is 9.97. The van der Waals surface area contributed by atoms with E-state index in [0.717, 1.165) is 43.2 Å². The Morgan fingerprint density at radius 2 is 1.76 bits per heavy atom. The van der Waals surface area contributed by atoms with Gasteiger partial charge in [0.2, 0.25) is 5.95 Å². The zero-order valence-electron chi connectivity index (χ0n) is 24.8. The molecule has 11 nitrogen and oxygen atoms in total. The van der Waals surface area contributed by atoms with Crippen LogP contribution in [0.3, 0.4) is 0 Å². The fraction of sp³-hybridized carbons (Fsp3) is 0.452. The van der Waals surface area contributed by atoms with E-state index < -0.39 is 5.60 Å². The molecule has 0 bridgehead atoms. The van der Waals surface area contributed by atoms with Gasteiger partial charge in [-0.05, 0) is 63.2 Å². The highest BCUT2D eigenvalue weighted by Gasteiger charge is 2.28. The lowest BCUT2D eigenvalue weighted by Crippen LogP contribution is -2.44. The number of nitrogens with zero attached hydrogens (tertiary/aromatic N) is 4. The molecule has 3 N–H and O–H groups in total. The summed E-state index contributed by atoms with van der Waals surface area (Å²) in [6, 6.07) is 13.7. The number of benzene rings is 2. The number of nitrogens with two attached hydrogens (primary N) is 1. The molecule has 0 atom stereocenters. The van der Waals surface area contributed by atoms with Crippen LogP contribution < -0.4 is 25.4 Å². The number of nitrogen functional groups attached to an aromatic ring is 1. The van der Waals surface area contributed by atoms with Gasteiger partial charge in [-0.25, -0.2) is 14.8 Å². The van der Waals surface area contributed by atoms with Crippen LogP contribution >= 0.6 is 0 Å². The zero-order chi connectivity index (χ0) is 29.7. The van der Waals surface area contributed by atoms with Crippen molar-refractivity contribution in [3.63, 3.8) is 0 Å². The SMILES string of the molecule is COc1cc(-c2ccnc(Nc3ccc(N4CCOCC4)cc3)n2)cc(N)c1OC1CCN(C(=O)OC(C)(C)C)CC1. The van der Waals surface area contributed by atoms with Gasteiger partial charge < -0.3 is 39.8 Å². The van der Waals surface area contributed by atoms with Crippen LogP contribution in [0.2, 0.25) is 0 Å². The number of anilines is 4. The summed E-state index contributed by atoms with van der Waals surface area (Å²) in [5.74, 6) is 1.48. The Kier molecular flexibility index (Phi) is 8.86. The number of carbonyl (C=O) groups is 1. The first-order valence-corrected chi connectivity index (χ1v) is 14.3. The molecule has 1 amide bonds. The number of piperidine rings is 1. The van der Waals surface area contributed by atoms with Gasteiger partial charge >= 0.3 is 6.09 Å². The van der Waals surface area contributed by atoms with E-state index in [1.807, 2.05) is 51.1 Å². The lowest BCUT2D eigenvalue weighted by Gasteiger charge is -2.33. The molecule has 0 saturated carbocycles. The molecule has 42 heavy (non-hydrogen) atoms. The molecule has 3 aromatic rings. The maximum Gasteiger partial charge on any atom is 0.410 e. The lowest BCUT2D eigenvalue weighted by molar-refractivity contribution is 0.0125. The summed E-state index contributed by atoms with van der Waals surface area (Å²) in [6.07, 6.45) is 2.63. The fourth-order valence-corrected chi connectivity index (χ4v) is 4.98. The molecule has 0 spiro atoms. The van der Waals surface area contributed by atoms with E-state index in [9.17, 15) is 4.79 Å². The van der Waals surface area contributed by atoms with Crippen LogP contribution in [0, 0.1) is 0 Å². The van der Waals surface area contributed by atoms with Crippen LogP contribution in [-0.2, 0) is 9.47 Å². The minimum absolute atomic E-state index is 0.102. The standard InChI is InChI=1S/C31H40N6O5/c1-31(2,3)42-30(38)37-13-10-24(11-14-37)41-28-25(32)19-21(20-27(28)39-4)26-9-12-33-29(35-26)34-22-5-7-23(8-6-22)36-15-17-40-18-16-36/h5-9,12,19-20,24H,10-11,13-18,32H2,1-4H3,(H,33,34,35). The smallest absolute Gasteiger partial charge is 0.410 e. The van der Waals surface area contributed by atoms with E-state index in [1.54, 1.807) is 18.2 Å². The third-order valence-corrected chi connectivity index (χ3v) is 7.13. The van der Waals surface area contributed by atoms with Crippen molar-refractivity contribution >= 4 is 29.1 Å². The molecule has 224 valence electrons. The Morgan fingerprint density at radius 3 is 2.43 bits per heavy atom. The van der Waals surface area contributed by atoms with Gasteiger partial charge in [-0.1, -0.05) is 0 Å². The number of nitrogens with one attached hydrogen (secondary N) is 1. The van der Waals surface area contributed by atoms with E-state index in [4.69, 9.17) is 29.7 Å². The summed E-state index contributed by atoms with van der Waals surface area (Å²) in [5, 5.41) is 3.29. The third-order valence-electron chi connectivity index (χ3n) is 7.13. The molecule has 2 fully saturated rings. The summed E-state index contributed by atoms with van der Waals surface area (Å²) in [7, 11) is 1.59. The molecule has 2 aromatic carbocycles. The molecule has 2 aliphatic heterocycles. The molecular weight excluding hydrogens is 536 g/mol. The molecule has 2 saturated heterocycles. The Labute approximate surface area is 246 Å². The van der Waals surface area contributed by atoms with Crippen molar-refractivity contribution < 1.29 is 23.7 Å². The summed E-state index contributed by atoms with van der Waals surface area (Å²) < 4.78 is 22.9. The highest BCUT2D eigenvalue weighted by atomic mass is 16.6. The third kappa shape index (κ3) is 7.33. The maximum absolute atomic E-state index is 12.4. The minimum atomic E-state index is -0.525. The van der Waals surface area contributed by atoms with Gasteiger partial charge in [0.05, 0.1) is 31.7 Å². The number of likely N-dealkylation sites (tertiary alicyclic amines) is 1. The predicted octanol–water partition coefficient (Wildman–Crippen LogP) is 5.09. The quantitative estimate of drug-likeness (QED) is 0.367. The van der Waals surface area contributed by atoms with Crippen molar-refractivity contribution in [2.45, 2.75) is 45.3 Å². The van der Waals surface area contributed by atoms with Crippen LogP contribution in [0.1, 0.15) is 33.6 Å². The average Bonchev–Trinajstić information content (AvgIpc) is 2.98. The Bertz CT molecular complexity index is 1360. The van der Waals surface area contributed by atoms with Crippen molar-refractivity contribution in [1.82, 2.24) is 14.9 Å². The first-order valence-electron chi connectivity index (χ1n) is 14.3. The second-order valence-electron chi connectivity index (χ2n) is 11.4. The molecule has 11 heteroatoms. The highest BCUT2D eigenvalue weighted by molar-refractivity contribution is 5.74. The summed E-state index contributed by atoms with van der Waals surface area (Å²) in [4.78, 5) is 25.5. The van der Waals surface area contributed by atoms with Gasteiger partial charge in [-0.3, -0.25) is 0 Å². The van der Waals surface area contributed by atoms with Crippen LogP contribution in [0.25, 0.3) is 11.3 Å². The van der Waals surface area contributed by atoms with Crippen LogP contribution in [0.5, 0.6) is 11.5 Å². The second kappa shape index (κ2) is 12.7. The van der Waals surface area contributed by atoms with E-state index >= 15 is 0 Å². The normalized spacial score (nSPS) is 16.2. The minimum Gasteiger partial charge on any atom is -0.493 e. The number of carbonyl (C=O) groups excluding carboxylic acids is 1. The average molecular weight is 577 g/mol. The molecule has 0 aliphatic carbocycles. The first-order chi connectivity index (χ1) is 20.2. The Hall–Kier alpha value is -4.25. The van der Waals surface area contributed by atoms with Crippen molar-refractivity contribution in [3.8, 4) is 22.8 Å². The molecule has 0 unspecified atom stereocenters. The number of ether oxygens (including phenoxy) is 4. The number of methoxy groups -OCH3 is 1. The largest absolute Gasteiger partial charge is 0.493 e. The Morgan fingerprint density at radius 1 is 1.05 bits per heavy atom. The van der Waals surface area contributed by atoms with Crippen molar-refractivity contribution in [3.05, 3.63) is 48.7 Å². The number of rotatable bonds is 7. The van der Waals surface area contributed by atoms with Crippen LogP contribution in [0.4, 0.5) is 27.8 Å². The van der Waals surface area contributed by atoms with E-state index in [2.05, 4.69) is 27.3 Å². The van der Waals surface area contributed by atoms with Crippen molar-refractivity contribution in [2.75, 3.05) is 62.5 Å². The highest BCUT2D eigenvalue weighted by Crippen LogP contribution is 2.39. The lowest BCUT2D eigenvalue weighted by atomic mass is 10.1. The Balaban J connectivity index is 1.24. The molecular formula is C31H40N6O5.